The van der Waals surface area contributed by atoms with Crippen molar-refractivity contribution in [2.24, 2.45) is 5.10 Å². The molecule has 2 aromatic rings. The van der Waals surface area contributed by atoms with Crippen molar-refractivity contribution < 1.29 is 18.7 Å². The van der Waals surface area contributed by atoms with Gasteiger partial charge in [0.2, 0.25) is 5.91 Å². The smallest absolute Gasteiger partial charge is 0.336 e. The van der Waals surface area contributed by atoms with Gasteiger partial charge in [-0.2, -0.15) is 0 Å². The highest BCUT2D eigenvalue weighted by molar-refractivity contribution is 8.15. The van der Waals surface area contributed by atoms with E-state index in [1.54, 1.807) is 24.3 Å². The molecule has 0 bridgehead atoms. The number of thioether (sulfide) groups is 1. The Balaban J connectivity index is 1.61. The third kappa shape index (κ3) is 4.37. The first-order chi connectivity index (χ1) is 13.0. The summed E-state index contributed by atoms with van der Waals surface area (Å²) in [6.45, 7) is 5.46. The van der Waals surface area contributed by atoms with Crippen LogP contribution in [0.15, 0.2) is 51.2 Å². The minimum absolute atomic E-state index is 0.0860. The fraction of sp³-hybridized carbons (Fsp3) is 0.222. The Bertz CT molecular complexity index is 998. The number of nitrogens with one attached hydrogen (secondary N) is 1. The molecule has 0 aliphatic carbocycles. The van der Waals surface area contributed by atoms with Gasteiger partial charge in [-0.15, -0.1) is 11.7 Å². The second-order valence-corrected chi connectivity index (χ2v) is 6.65. The van der Waals surface area contributed by atoms with Crippen LogP contribution in [0.3, 0.4) is 0 Å². The first-order valence-electron chi connectivity index (χ1n) is 8.06. The molecule has 2 heterocycles. The third-order valence-corrected chi connectivity index (χ3v) is 4.70. The summed E-state index contributed by atoms with van der Waals surface area (Å²) >= 11 is 1.24. The summed E-state index contributed by atoms with van der Waals surface area (Å²) in [7, 11) is 0. The molecule has 140 valence electrons. The van der Waals surface area contributed by atoms with Crippen LogP contribution in [-0.2, 0) is 9.59 Å². The number of hydrogen-bond donors (Lipinski definition) is 1. The van der Waals surface area contributed by atoms with Crippen LogP contribution in [0.1, 0.15) is 5.56 Å². The Labute approximate surface area is 158 Å². The summed E-state index contributed by atoms with van der Waals surface area (Å²) in [4.78, 5) is 36.5. The molecule has 1 fully saturated rings. The van der Waals surface area contributed by atoms with Crippen molar-refractivity contribution in [1.29, 1.82) is 0 Å². The van der Waals surface area contributed by atoms with E-state index >= 15 is 0 Å². The molecule has 2 amide bonds. The topological polar surface area (TPSA) is 101 Å². The van der Waals surface area contributed by atoms with Crippen molar-refractivity contribution in [2.75, 3.05) is 18.9 Å². The van der Waals surface area contributed by atoms with Gasteiger partial charge in [0.25, 0.3) is 5.91 Å². The van der Waals surface area contributed by atoms with Gasteiger partial charge >= 0.3 is 5.63 Å². The highest BCUT2D eigenvalue weighted by Crippen LogP contribution is 2.22. The van der Waals surface area contributed by atoms with Crippen molar-refractivity contribution in [3.8, 4) is 5.75 Å². The number of carbonyl (C=O) groups excluding carboxylic acids is 2. The Morgan fingerprint density at radius 3 is 3.04 bits per heavy atom. The van der Waals surface area contributed by atoms with Gasteiger partial charge in [0.1, 0.15) is 11.3 Å². The molecule has 0 unspecified atom stereocenters. The molecule has 0 radical (unpaired) electrons. The van der Waals surface area contributed by atoms with E-state index in [9.17, 15) is 14.4 Å². The molecule has 1 aromatic carbocycles. The zero-order valence-corrected chi connectivity index (χ0v) is 15.4. The molecule has 27 heavy (non-hydrogen) atoms. The molecule has 8 nitrogen and oxygen atoms in total. The molecular formula is C18H17N3O5S. The van der Waals surface area contributed by atoms with Gasteiger partial charge in [0.05, 0.1) is 5.75 Å². The van der Waals surface area contributed by atoms with Crippen molar-refractivity contribution >= 4 is 39.7 Å². The van der Waals surface area contributed by atoms with Crippen molar-refractivity contribution in [1.82, 2.24) is 10.3 Å². The number of benzene rings is 1. The van der Waals surface area contributed by atoms with Gasteiger partial charge in [0, 0.05) is 24.1 Å². The normalized spacial score (nSPS) is 15.4. The molecule has 0 spiro atoms. The van der Waals surface area contributed by atoms with Gasteiger partial charge in [-0.3, -0.25) is 14.5 Å². The summed E-state index contributed by atoms with van der Waals surface area (Å²) in [6, 6.07) is 6.41. The Morgan fingerprint density at radius 1 is 1.44 bits per heavy atom. The van der Waals surface area contributed by atoms with Gasteiger partial charge < -0.3 is 9.15 Å². The SMILES string of the molecule is C=CCN1C(=O)CS/C1=N\NC(=O)COc1ccc2c(C)cc(=O)oc2c1. The maximum absolute atomic E-state index is 11.9. The van der Waals surface area contributed by atoms with Crippen LogP contribution >= 0.6 is 11.8 Å². The first kappa shape index (κ1) is 18.7. The van der Waals surface area contributed by atoms with Crippen molar-refractivity contribution in [3.63, 3.8) is 0 Å². The number of carbonyl (C=O) groups is 2. The van der Waals surface area contributed by atoms with E-state index in [0.29, 0.717) is 23.0 Å². The van der Waals surface area contributed by atoms with Crippen LogP contribution in [-0.4, -0.2) is 40.8 Å². The lowest BCUT2D eigenvalue weighted by Crippen LogP contribution is -2.32. The molecule has 0 saturated carbocycles. The zero-order valence-electron chi connectivity index (χ0n) is 14.6. The average Bonchev–Trinajstić information content (AvgIpc) is 2.98. The van der Waals surface area contributed by atoms with Crippen LogP contribution in [0.25, 0.3) is 11.0 Å². The number of nitrogens with zero attached hydrogens (tertiary/aromatic N) is 2. The number of hydrogen-bond acceptors (Lipinski definition) is 7. The van der Waals surface area contributed by atoms with E-state index in [4.69, 9.17) is 9.15 Å². The minimum Gasteiger partial charge on any atom is -0.484 e. The molecular weight excluding hydrogens is 370 g/mol. The van der Waals surface area contributed by atoms with E-state index in [0.717, 1.165) is 10.9 Å². The summed E-state index contributed by atoms with van der Waals surface area (Å²) in [6.07, 6.45) is 1.59. The third-order valence-electron chi connectivity index (χ3n) is 3.74. The quantitative estimate of drug-likeness (QED) is 0.459. The van der Waals surface area contributed by atoms with E-state index in [2.05, 4.69) is 17.1 Å². The molecule has 1 aliphatic heterocycles. The van der Waals surface area contributed by atoms with Crippen LogP contribution in [0.5, 0.6) is 5.75 Å². The standard InChI is InChI=1S/C18H17N3O5S/c1-3-6-21-16(23)10-27-18(21)20-19-15(22)9-25-12-4-5-13-11(2)7-17(24)26-14(13)8-12/h3-5,7-8H,1,6,9-10H2,2H3,(H,19,22)/b20-18-. The fourth-order valence-corrected chi connectivity index (χ4v) is 3.33. The van der Waals surface area contributed by atoms with E-state index < -0.39 is 11.5 Å². The lowest BCUT2D eigenvalue weighted by Gasteiger charge is -2.13. The number of aryl methyl sites for hydroxylation is 1. The van der Waals surface area contributed by atoms with Crippen molar-refractivity contribution in [2.45, 2.75) is 6.92 Å². The van der Waals surface area contributed by atoms with Crippen LogP contribution < -0.4 is 15.8 Å². The Morgan fingerprint density at radius 2 is 2.26 bits per heavy atom. The molecule has 9 heteroatoms. The predicted molar refractivity (Wildman–Crippen MR) is 103 cm³/mol. The Hall–Kier alpha value is -3.07. The molecule has 1 saturated heterocycles. The highest BCUT2D eigenvalue weighted by Gasteiger charge is 2.27. The number of amidine groups is 1. The number of rotatable bonds is 6. The van der Waals surface area contributed by atoms with Gasteiger partial charge in [0.15, 0.2) is 11.8 Å². The summed E-state index contributed by atoms with van der Waals surface area (Å²) < 4.78 is 10.6. The summed E-state index contributed by atoms with van der Waals surface area (Å²) in [5.41, 5.74) is 3.10. The van der Waals surface area contributed by atoms with E-state index in [-0.39, 0.29) is 18.3 Å². The lowest BCUT2D eigenvalue weighted by molar-refractivity contribution is -0.124. The maximum Gasteiger partial charge on any atom is 0.336 e. The predicted octanol–water partition coefficient (Wildman–Crippen LogP) is 1.63. The molecule has 1 N–H and O–H groups in total. The number of amides is 2. The number of ether oxygens (including phenoxy) is 1. The van der Waals surface area contributed by atoms with Crippen LogP contribution in [0.4, 0.5) is 0 Å². The second-order valence-electron chi connectivity index (χ2n) is 5.71. The summed E-state index contributed by atoms with van der Waals surface area (Å²) in [5, 5.41) is 5.16. The second kappa shape index (κ2) is 8.09. The largest absolute Gasteiger partial charge is 0.484 e. The number of fused-ring (bicyclic) bond motifs is 1. The monoisotopic (exact) mass is 387 g/mol. The minimum atomic E-state index is -0.480. The average molecular weight is 387 g/mol. The first-order valence-corrected chi connectivity index (χ1v) is 9.04. The van der Waals surface area contributed by atoms with Crippen LogP contribution in [0.2, 0.25) is 0 Å². The number of hydrazone groups is 1. The van der Waals surface area contributed by atoms with Gasteiger partial charge in [-0.1, -0.05) is 17.8 Å². The van der Waals surface area contributed by atoms with E-state index in [1.807, 2.05) is 6.92 Å². The van der Waals surface area contributed by atoms with Gasteiger partial charge in [-0.05, 0) is 24.6 Å². The van der Waals surface area contributed by atoms with Crippen molar-refractivity contribution in [3.05, 3.63) is 52.9 Å². The molecule has 3 rings (SSSR count). The molecule has 0 atom stereocenters. The van der Waals surface area contributed by atoms with E-state index in [1.165, 1.54) is 22.7 Å². The van der Waals surface area contributed by atoms with Gasteiger partial charge in [-0.25, -0.2) is 10.2 Å². The lowest BCUT2D eigenvalue weighted by atomic mass is 10.1. The zero-order chi connectivity index (χ0) is 19.4. The maximum atomic E-state index is 11.9. The fourth-order valence-electron chi connectivity index (χ4n) is 2.48. The van der Waals surface area contributed by atoms with Crippen LogP contribution in [0, 0.1) is 6.92 Å². The Kier molecular flexibility index (Phi) is 5.60. The summed E-state index contributed by atoms with van der Waals surface area (Å²) in [5.74, 6) is 0.0995. The highest BCUT2D eigenvalue weighted by atomic mass is 32.2. The molecule has 1 aromatic heterocycles. The molecule has 1 aliphatic rings.